The van der Waals surface area contributed by atoms with Crippen molar-refractivity contribution in [1.82, 2.24) is 0 Å². The molecular formula is C17H16FNO4S. The van der Waals surface area contributed by atoms with Crippen LogP contribution in [0.4, 0.5) is 4.39 Å². The summed E-state index contributed by atoms with van der Waals surface area (Å²) in [6, 6.07) is 12.4. The zero-order valence-electron chi connectivity index (χ0n) is 12.7. The van der Waals surface area contributed by atoms with Crippen molar-refractivity contribution >= 4 is 21.5 Å². The highest BCUT2D eigenvalue weighted by molar-refractivity contribution is 7.92. The van der Waals surface area contributed by atoms with Gasteiger partial charge in [0.25, 0.3) is 0 Å². The lowest BCUT2D eigenvalue weighted by molar-refractivity contribution is -0.117. The Balaban J connectivity index is 2.16. The second-order valence-electron chi connectivity index (χ2n) is 5.22. The van der Waals surface area contributed by atoms with Crippen molar-refractivity contribution in [3.05, 3.63) is 66.0 Å². The fraction of sp³-hybridized carbons (Fsp3) is 0.176. The standard InChI is InChI=1S/C17H16FNO4S/c18-13-8-6-12(7-9-13)15(20)10-11-16(17(19)21)24(22,23)14-4-2-1-3-5-14/h1-9,16H,10-11H2,(H2,19,21)/t16-/m0/s1. The Labute approximate surface area is 139 Å². The summed E-state index contributed by atoms with van der Waals surface area (Å²) >= 11 is 0. The van der Waals surface area contributed by atoms with Crippen LogP contribution in [0.15, 0.2) is 59.5 Å². The van der Waals surface area contributed by atoms with Crippen LogP contribution in [0.3, 0.4) is 0 Å². The number of halogens is 1. The lowest BCUT2D eigenvalue weighted by atomic mass is 10.1. The average molecular weight is 349 g/mol. The van der Waals surface area contributed by atoms with Crippen LogP contribution >= 0.6 is 0 Å². The summed E-state index contributed by atoms with van der Waals surface area (Å²) in [5.41, 5.74) is 5.47. The Bertz CT molecular complexity index is 833. The quantitative estimate of drug-likeness (QED) is 0.775. The number of amides is 1. The first kappa shape index (κ1) is 17.8. The van der Waals surface area contributed by atoms with Gasteiger partial charge in [0.2, 0.25) is 5.91 Å². The molecule has 0 aliphatic heterocycles. The van der Waals surface area contributed by atoms with Crippen molar-refractivity contribution in [2.75, 3.05) is 0 Å². The lowest BCUT2D eigenvalue weighted by Crippen LogP contribution is -2.36. The SMILES string of the molecule is NC(=O)[C@H](CCC(=O)c1ccc(F)cc1)S(=O)(=O)c1ccccc1. The number of nitrogens with two attached hydrogens (primary N) is 1. The minimum absolute atomic E-state index is 0.0250. The second-order valence-corrected chi connectivity index (χ2v) is 7.35. The summed E-state index contributed by atoms with van der Waals surface area (Å²) in [4.78, 5) is 23.6. The van der Waals surface area contributed by atoms with Crippen LogP contribution in [0.25, 0.3) is 0 Å². The average Bonchev–Trinajstić information content (AvgIpc) is 2.55. The van der Waals surface area contributed by atoms with E-state index in [0.29, 0.717) is 0 Å². The molecule has 0 saturated heterocycles. The van der Waals surface area contributed by atoms with E-state index < -0.39 is 26.8 Å². The Hall–Kier alpha value is -2.54. The number of ketones is 1. The van der Waals surface area contributed by atoms with E-state index in [2.05, 4.69) is 0 Å². The van der Waals surface area contributed by atoms with Gasteiger partial charge in [-0.1, -0.05) is 18.2 Å². The summed E-state index contributed by atoms with van der Waals surface area (Å²) < 4.78 is 37.9. The second kappa shape index (κ2) is 7.35. The van der Waals surface area contributed by atoms with E-state index >= 15 is 0 Å². The minimum atomic E-state index is -3.97. The number of carbonyl (C=O) groups is 2. The smallest absolute Gasteiger partial charge is 0.236 e. The minimum Gasteiger partial charge on any atom is -0.369 e. The molecule has 0 aliphatic rings. The number of primary amides is 1. The van der Waals surface area contributed by atoms with E-state index in [-0.39, 0.29) is 29.1 Å². The fourth-order valence-electron chi connectivity index (χ4n) is 2.27. The molecule has 24 heavy (non-hydrogen) atoms. The molecule has 1 amide bonds. The van der Waals surface area contributed by atoms with E-state index in [1.807, 2.05) is 0 Å². The van der Waals surface area contributed by atoms with Crippen LogP contribution in [0, 0.1) is 5.82 Å². The highest BCUT2D eigenvalue weighted by Crippen LogP contribution is 2.20. The molecule has 7 heteroatoms. The zero-order valence-corrected chi connectivity index (χ0v) is 13.5. The summed E-state index contributed by atoms with van der Waals surface area (Å²) in [6.07, 6.45) is -0.423. The lowest BCUT2D eigenvalue weighted by Gasteiger charge is -2.14. The number of Topliss-reactive ketones (excluding diaryl/α,β-unsaturated/α-hetero) is 1. The number of hydrogen-bond acceptors (Lipinski definition) is 4. The van der Waals surface area contributed by atoms with E-state index in [4.69, 9.17) is 5.73 Å². The van der Waals surface area contributed by atoms with Gasteiger partial charge in [0.15, 0.2) is 15.6 Å². The molecule has 2 aromatic rings. The molecule has 5 nitrogen and oxygen atoms in total. The van der Waals surface area contributed by atoms with Gasteiger partial charge in [0.05, 0.1) is 4.90 Å². The molecule has 0 aromatic heterocycles. The van der Waals surface area contributed by atoms with Crippen LogP contribution in [-0.2, 0) is 14.6 Å². The molecular weight excluding hydrogens is 333 g/mol. The Kier molecular flexibility index (Phi) is 5.46. The van der Waals surface area contributed by atoms with Gasteiger partial charge in [-0.15, -0.1) is 0 Å². The predicted octanol–water partition coefficient (Wildman–Crippen LogP) is 2.12. The van der Waals surface area contributed by atoms with Crippen molar-refractivity contribution < 1.29 is 22.4 Å². The van der Waals surface area contributed by atoms with Crippen molar-refractivity contribution in [1.29, 1.82) is 0 Å². The van der Waals surface area contributed by atoms with E-state index in [1.165, 1.54) is 36.4 Å². The number of hydrogen-bond donors (Lipinski definition) is 1. The number of carbonyl (C=O) groups excluding carboxylic acids is 2. The topological polar surface area (TPSA) is 94.3 Å². The van der Waals surface area contributed by atoms with Crippen molar-refractivity contribution in [3.63, 3.8) is 0 Å². The third kappa shape index (κ3) is 4.05. The van der Waals surface area contributed by atoms with Gasteiger partial charge in [-0.25, -0.2) is 12.8 Å². The van der Waals surface area contributed by atoms with Crippen LogP contribution in [0.2, 0.25) is 0 Å². The maximum Gasteiger partial charge on any atom is 0.236 e. The summed E-state index contributed by atoms with van der Waals surface area (Å²) in [7, 11) is -3.97. The van der Waals surface area contributed by atoms with E-state index in [1.54, 1.807) is 6.07 Å². The molecule has 0 fully saturated rings. The van der Waals surface area contributed by atoms with Crippen LogP contribution in [0.5, 0.6) is 0 Å². The molecule has 2 N–H and O–H groups in total. The van der Waals surface area contributed by atoms with E-state index in [9.17, 15) is 22.4 Å². The molecule has 0 aliphatic carbocycles. The highest BCUT2D eigenvalue weighted by Gasteiger charge is 2.32. The summed E-state index contributed by atoms with van der Waals surface area (Å²) in [6.45, 7) is 0. The Morgan fingerprint density at radius 3 is 2.12 bits per heavy atom. The van der Waals surface area contributed by atoms with Crippen LogP contribution < -0.4 is 5.73 Å². The van der Waals surface area contributed by atoms with Crippen molar-refractivity contribution in [2.45, 2.75) is 23.0 Å². The number of sulfone groups is 1. The molecule has 0 heterocycles. The molecule has 2 aromatic carbocycles. The molecule has 0 bridgehead atoms. The van der Waals surface area contributed by atoms with Gasteiger partial charge < -0.3 is 5.73 Å². The van der Waals surface area contributed by atoms with Crippen LogP contribution in [0.1, 0.15) is 23.2 Å². The van der Waals surface area contributed by atoms with Gasteiger partial charge in [0.1, 0.15) is 11.1 Å². The zero-order chi connectivity index (χ0) is 17.7. The summed E-state index contributed by atoms with van der Waals surface area (Å²) in [5.74, 6) is -1.87. The maximum absolute atomic E-state index is 12.9. The molecule has 0 saturated carbocycles. The third-order valence-electron chi connectivity index (χ3n) is 3.56. The molecule has 1 atom stereocenters. The van der Waals surface area contributed by atoms with Crippen molar-refractivity contribution in [2.24, 2.45) is 5.73 Å². The van der Waals surface area contributed by atoms with Gasteiger partial charge in [0, 0.05) is 12.0 Å². The number of benzene rings is 2. The monoisotopic (exact) mass is 349 g/mol. The fourth-order valence-corrected chi connectivity index (χ4v) is 3.87. The Morgan fingerprint density at radius 2 is 1.58 bits per heavy atom. The molecule has 0 spiro atoms. The van der Waals surface area contributed by atoms with Crippen LogP contribution in [-0.4, -0.2) is 25.4 Å². The van der Waals surface area contributed by atoms with Crippen molar-refractivity contribution in [3.8, 4) is 0 Å². The predicted molar refractivity (Wildman–Crippen MR) is 86.6 cm³/mol. The highest BCUT2D eigenvalue weighted by atomic mass is 32.2. The maximum atomic E-state index is 12.9. The third-order valence-corrected chi connectivity index (χ3v) is 5.71. The molecule has 0 radical (unpaired) electrons. The first-order valence-corrected chi connectivity index (χ1v) is 8.74. The number of rotatable bonds is 7. The molecule has 0 unspecified atom stereocenters. The summed E-state index contributed by atoms with van der Waals surface area (Å²) in [5, 5.41) is -1.50. The molecule has 2 rings (SSSR count). The van der Waals surface area contributed by atoms with Gasteiger partial charge in [-0.2, -0.15) is 0 Å². The van der Waals surface area contributed by atoms with Gasteiger partial charge in [-0.3, -0.25) is 9.59 Å². The largest absolute Gasteiger partial charge is 0.369 e. The normalized spacial score (nSPS) is 12.5. The van der Waals surface area contributed by atoms with E-state index in [0.717, 1.165) is 12.1 Å². The van der Waals surface area contributed by atoms with Gasteiger partial charge in [-0.05, 0) is 42.8 Å². The first-order valence-electron chi connectivity index (χ1n) is 7.19. The molecule has 126 valence electrons. The van der Waals surface area contributed by atoms with Gasteiger partial charge >= 0.3 is 0 Å². The first-order chi connectivity index (χ1) is 11.3. The Morgan fingerprint density at radius 1 is 1.00 bits per heavy atom.